The first-order valence-electron chi connectivity index (χ1n) is 2.79. The van der Waals surface area contributed by atoms with Crippen molar-refractivity contribution >= 4 is 65.1 Å². The summed E-state index contributed by atoms with van der Waals surface area (Å²) < 4.78 is 7.02. The first kappa shape index (κ1) is 10.7. The van der Waals surface area contributed by atoms with Crippen molar-refractivity contribution < 1.29 is 9.53 Å². The second-order valence-electron chi connectivity index (χ2n) is 1.82. The predicted octanol–water partition coefficient (Wildman–Crippen LogP) is 3.82. The molecule has 0 bridgehead atoms. The van der Waals surface area contributed by atoms with E-state index in [0.717, 1.165) is 12.7 Å². The number of hydrogen-bond donors (Lipinski definition) is 0. The van der Waals surface area contributed by atoms with Crippen LogP contribution in [0.2, 0.25) is 0 Å². The van der Waals surface area contributed by atoms with Gasteiger partial charge in [-0.3, -0.25) is 0 Å². The van der Waals surface area contributed by atoms with Crippen LogP contribution in [-0.2, 0) is 4.74 Å². The van der Waals surface area contributed by atoms with Crippen molar-refractivity contribution in [1.29, 1.82) is 0 Å². The van der Waals surface area contributed by atoms with E-state index in [1.54, 1.807) is 0 Å². The average Bonchev–Trinajstić information content (AvgIpc) is 2.32. The summed E-state index contributed by atoms with van der Waals surface area (Å²) >= 11 is 11.2. The van der Waals surface area contributed by atoms with Crippen molar-refractivity contribution in [2.24, 2.45) is 0 Å². The first-order chi connectivity index (χ1) is 5.57. The summed E-state index contributed by atoms with van der Waals surface area (Å²) in [7, 11) is 1.36. The molecule has 1 aromatic heterocycles. The van der Waals surface area contributed by atoms with Crippen LogP contribution in [0.15, 0.2) is 12.7 Å². The van der Waals surface area contributed by atoms with Gasteiger partial charge in [0, 0.05) is 0 Å². The van der Waals surface area contributed by atoms with Crippen LogP contribution in [0, 0.1) is 0 Å². The van der Waals surface area contributed by atoms with Crippen molar-refractivity contribution in [3.05, 3.63) is 17.6 Å². The molecule has 0 N–H and O–H groups in total. The molecule has 1 aromatic rings. The highest BCUT2D eigenvalue weighted by molar-refractivity contribution is 9.14. The summed E-state index contributed by atoms with van der Waals surface area (Å²) in [6.07, 6.45) is 0. The molecule has 0 saturated heterocycles. The summed E-state index contributed by atoms with van der Waals surface area (Å²) in [4.78, 5) is 11.7. The maximum Gasteiger partial charge on any atom is 0.349 e. The molecule has 0 aliphatic rings. The highest BCUT2D eigenvalue weighted by Gasteiger charge is 2.18. The molecule has 0 aliphatic carbocycles. The number of methoxy groups -OCH3 is 1. The van der Waals surface area contributed by atoms with Crippen LogP contribution in [0.5, 0.6) is 0 Å². The smallest absolute Gasteiger partial charge is 0.349 e. The van der Waals surface area contributed by atoms with E-state index in [4.69, 9.17) is 0 Å². The van der Waals surface area contributed by atoms with Crippen LogP contribution in [0.4, 0.5) is 0 Å². The number of carbonyl (C=O) groups is 1. The number of esters is 1. The normalized spacial score (nSPS) is 10.0. The standard InChI is InChI=1S/C6H3Br3O2S/c1-11-6(10)4-2(7)3(8)5(9)12-4/h1H3. The largest absolute Gasteiger partial charge is 0.465 e. The summed E-state index contributed by atoms with van der Waals surface area (Å²) in [6, 6.07) is 0. The van der Waals surface area contributed by atoms with Crippen molar-refractivity contribution in [2.75, 3.05) is 7.11 Å². The number of carbonyl (C=O) groups excluding carboxylic acids is 1. The van der Waals surface area contributed by atoms with E-state index in [1.807, 2.05) is 0 Å². The predicted molar refractivity (Wildman–Crippen MR) is 58.8 cm³/mol. The maximum atomic E-state index is 11.1. The van der Waals surface area contributed by atoms with Crippen LogP contribution in [0.25, 0.3) is 0 Å². The zero-order valence-corrected chi connectivity index (χ0v) is 11.4. The van der Waals surface area contributed by atoms with Gasteiger partial charge in [0.15, 0.2) is 0 Å². The van der Waals surface area contributed by atoms with E-state index < -0.39 is 0 Å². The second kappa shape index (κ2) is 4.21. The van der Waals surface area contributed by atoms with E-state index in [1.165, 1.54) is 18.4 Å². The molecule has 0 aromatic carbocycles. The van der Waals surface area contributed by atoms with Gasteiger partial charge in [0.05, 0.1) is 19.8 Å². The third kappa shape index (κ3) is 1.92. The molecule has 6 heteroatoms. The molecular weight excluding hydrogens is 376 g/mol. The molecule has 1 heterocycles. The molecule has 0 aliphatic heterocycles. The van der Waals surface area contributed by atoms with E-state index in [0.29, 0.717) is 4.88 Å². The molecule has 2 nitrogen and oxygen atoms in total. The van der Waals surface area contributed by atoms with Gasteiger partial charge in [-0.2, -0.15) is 0 Å². The zero-order valence-electron chi connectivity index (χ0n) is 5.86. The Morgan fingerprint density at radius 3 is 2.25 bits per heavy atom. The Morgan fingerprint density at radius 1 is 1.33 bits per heavy atom. The van der Waals surface area contributed by atoms with E-state index >= 15 is 0 Å². The minimum absolute atomic E-state index is 0.335. The van der Waals surface area contributed by atoms with Gasteiger partial charge in [-0.1, -0.05) is 0 Å². The fourth-order valence-electron chi connectivity index (χ4n) is 0.589. The van der Waals surface area contributed by atoms with Gasteiger partial charge in [-0.15, -0.1) is 11.3 Å². The lowest BCUT2D eigenvalue weighted by molar-refractivity contribution is 0.0605. The Morgan fingerprint density at radius 2 is 1.92 bits per heavy atom. The third-order valence-electron chi connectivity index (χ3n) is 1.13. The van der Waals surface area contributed by atoms with Crippen LogP contribution in [0.1, 0.15) is 9.67 Å². The number of ether oxygens (including phenoxy) is 1. The van der Waals surface area contributed by atoms with Crippen LogP contribution in [0.3, 0.4) is 0 Å². The lowest BCUT2D eigenvalue weighted by Crippen LogP contribution is -1.98. The van der Waals surface area contributed by atoms with Gasteiger partial charge >= 0.3 is 5.97 Å². The second-order valence-corrected chi connectivity index (χ2v) is 5.75. The Hall–Kier alpha value is 0.610. The minimum atomic E-state index is -0.335. The van der Waals surface area contributed by atoms with E-state index in [-0.39, 0.29) is 5.97 Å². The monoisotopic (exact) mass is 376 g/mol. The third-order valence-corrected chi connectivity index (χ3v) is 6.14. The Labute approximate surface area is 98.7 Å². The topological polar surface area (TPSA) is 26.3 Å². The molecule has 0 unspecified atom stereocenters. The number of hydrogen-bond acceptors (Lipinski definition) is 3. The highest BCUT2D eigenvalue weighted by atomic mass is 79.9. The molecule has 0 radical (unpaired) electrons. The van der Waals surface area contributed by atoms with Gasteiger partial charge in [-0.05, 0) is 47.8 Å². The summed E-state index contributed by atoms with van der Waals surface area (Å²) in [5.41, 5.74) is 0. The molecule has 12 heavy (non-hydrogen) atoms. The molecule has 0 atom stereocenters. The number of thiophene rings is 1. The first-order valence-corrected chi connectivity index (χ1v) is 5.99. The van der Waals surface area contributed by atoms with Crippen molar-refractivity contribution in [1.82, 2.24) is 0 Å². The fourth-order valence-corrected chi connectivity index (χ4v) is 3.57. The van der Waals surface area contributed by atoms with Crippen molar-refractivity contribution in [2.45, 2.75) is 0 Å². The van der Waals surface area contributed by atoms with Gasteiger partial charge < -0.3 is 4.74 Å². The summed E-state index contributed by atoms with van der Waals surface area (Å²) in [5.74, 6) is -0.335. The zero-order chi connectivity index (χ0) is 9.30. The quantitative estimate of drug-likeness (QED) is 0.694. The molecule has 0 saturated carbocycles. The van der Waals surface area contributed by atoms with E-state index in [2.05, 4.69) is 52.5 Å². The Bertz CT molecular complexity index is 321. The Kier molecular flexibility index (Phi) is 3.75. The average molecular weight is 379 g/mol. The van der Waals surface area contributed by atoms with E-state index in [9.17, 15) is 4.79 Å². The number of rotatable bonds is 1. The summed E-state index contributed by atoms with van der Waals surface area (Å²) in [6.45, 7) is 0. The SMILES string of the molecule is COC(=O)c1sc(Br)c(Br)c1Br. The van der Waals surface area contributed by atoms with Gasteiger partial charge in [0.25, 0.3) is 0 Å². The molecule has 0 amide bonds. The van der Waals surface area contributed by atoms with Gasteiger partial charge in [0.1, 0.15) is 4.88 Å². The van der Waals surface area contributed by atoms with Gasteiger partial charge in [0.2, 0.25) is 0 Å². The fraction of sp³-hybridized carbons (Fsp3) is 0.167. The molecule has 66 valence electrons. The highest BCUT2D eigenvalue weighted by Crippen LogP contribution is 2.41. The molecule has 0 fully saturated rings. The van der Waals surface area contributed by atoms with Crippen LogP contribution >= 0.6 is 59.1 Å². The lowest BCUT2D eigenvalue weighted by Gasteiger charge is -1.93. The van der Waals surface area contributed by atoms with Gasteiger partial charge in [-0.25, -0.2) is 4.79 Å². The summed E-state index contributed by atoms with van der Waals surface area (Å²) in [5, 5.41) is 0. The maximum absolute atomic E-state index is 11.1. The van der Waals surface area contributed by atoms with Crippen molar-refractivity contribution in [3.8, 4) is 0 Å². The molecular formula is C6H3Br3O2S. The lowest BCUT2D eigenvalue weighted by atomic mass is 10.5. The van der Waals surface area contributed by atoms with Crippen LogP contribution < -0.4 is 0 Å². The molecule has 0 spiro atoms. The van der Waals surface area contributed by atoms with Crippen molar-refractivity contribution in [3.63, 3.8) is 0 Å². The number of halogens is 3. The van der Waals surface area contributed by atoms with Crippen LogP contribution in [-0.4, -0.2) is 13.1 Å². The molecule has 1 rings (SSSR count). The minimum Gasteiger partial charge on any atom is -0.465 e. The Balaban J connectivity index is 3.17.